The van der Waals surface area contributed by atoms with E-state index in [2.05, 4.69) is 39.7 Å². The highest BCUT2D eigenvalue weighted by Gasteiger charge is 2.45. The summed E-state index contributed by atoms with van der Waals surface area (Å²) in [5.74, 6) is 1.39. The second-order valence-electron chi connectivity index (χ2n) is 6.11. The number of aliphatic hydroxyl groups excluding tert-OH is 1. The highest BCUT2D eigenvalue weighted by atomic mass is 16.5. The predicted molar refractivity (Wildman–Crippen MR) is 76.7 cm³/mol. The van der Waals surface area contributed by atoms with Gasteiger partial charge in [0.05, 0.1) is 17.6 Å². The highest BCUT2D eigenvalue weighted by Crippen LogP contribution is 2.47. The van der Waals surface area contributed by atoms with E-state index in [-0.39, 0.29) is 17.6 Å². The lowest BCUT2D eigenvalue weighted by Crippen LogP contribution is -2.36. The summed E-state index contributed by atoms with van der Waals surface area (Å²) < 4.78 is 5.47. The van der Waals surface area contributed by atoms with Gasteiger partial charge in [-0.2, -0.15) is 4.98 Å². The van der Waals surface area contributed by atoms with E-state index in [9.17, 15) is 5.11 Å². The van der Waals surface area contributed by atoms with Gasteiger partial charge in [0.2, 0.25) is 5.89 Å². The first-order chi connectivity index (χ1) is 10.3. The van der Waals surface area contributed by atoms with Gasteiger partial charge < -0.3 is 14.9 Å². The third-order valence-corrected chi connectivity index (χ3v) is 4.81. The van der Waals surface area contributed by atoms with E-state index in [0.717, 1.165) is 18.7 Å². The van der Waals surface area contributed by atoms with E-state index in [1.54, 1.807) is 0 Å². The van der Waals surface area contributed by atoms with Crippen LogP contribution in [0.2, 0.25) is 0 Å². The lowest BCUT2D eigenvalue weighted by molar-refractivity contribution is 0.191. The summed E-state index contributed by atoms with van der Waals surface area (Å²) in [6, 6.07) is 10.4. The second kappa shape index (κ2) is 4.93. The zero-order chi connectivity index (χ0) is 14.3. The summed E-state index contributed by atoms with van der Waals surface area (Å²) in [6.07, 6.45) is 3.64. The number of β-amino-alcohol motifs (C(OH)–C–C–N with tert-alkyl or cyclic N) is 1. The summed E-state index contributed by atoms with van der Waals surface area (Å²) in [5, 5.41) is 17.1. The van der Waals surface area contributed by atoms with Crippen LogP contribution in [0.3, 0.4) is 0 Å². The van der Waals surface area contributed by atoms with Crippen LogP contribution in [0.1, 0.15) is 49.0 Å². The summed E-state index contributed by atoms with van der Waals surface area (Å²) >= 11 is 0. The van der Waals surface area contributed by atoms with Crippen molar-refractivity contribution in [1.29, 1.82) is 0 Å². The molecule has 110 valence electrons. The maximum absolute atomic E-state index is 9.61. The molecule has 5 nitrogen and oxygen atoms in total. The number of benzene rings is 1. The molecule has 2 N–H and O–H groups in total. The van der Waals surface area contributed by atoms with Crippen LogP contribution in [0.4, 0.5) is 0 Å². The third-order valence-electron chi connectivity index (χ3n) is 4.81. The average Bonchev–Trinajstić information content (AvgIpc) is 3.08. The molecule has 2 aromatic rings. The Bertz CT molecular complexity index is 621. The van der Waals surface area contributed by atoms with Crippen molar-refractivity contribution in [3.63, 3.8) is 0 Å². The molecular formula is C16H19N3O2. The van der Waals surface area contributed by atoms with E-state index in [0.29, 0.717) is 18.9 Å². The molecule has 21 heavy (non-hydrogen) atoms. The minimum absolute atomic E-state index is 0.0193. The third kappa shape index (κ3) is 2.08. The molecule has 2 heterocycles. The second-order valence-corrected chi connectivity index (χ2v) is 6.11. The molecule has 1 saturated heterocycles. The molecule has 1 aromatic heterocycles. The number of hydrogen-bond acceptors (Lipinski definition) is 5. The number of nitrogens with one attached hydrogen (secondary N) is 1. The van der Waals surface area contributed by atoms with Crippen LogP contribution >= 0.6 is 0 Å². The Hall–Kier alpha value is -1.72. The van der Waals surface area contributed by atoms with Crippen LogP contribution in [0, 0.1) is 0 Å². The quantitative estimate of drug-likeness (QED) is 0.901. The van der Waals surface area contributed by atoms with Crippen LogP contribution in [-0.4, -0.2) is 27.9 Å². The van der Waals surface area contributed by atoms with Gasteiger partial charge in [0.25, 0.3) is 0 Å². The molecule has 0 bridgehead atoms. The fraction of sp³-hybridized carbons (Fsp3) is 0.500. The Morgan fingerprint density at radius 3 is 2.67 bits per heavy atom. The Balaban J connectivity index is 1.65. The van der Waals surface area contributed by atoms with Gasteiger partial charge >= 0.3 is 0 Å². The van der Waals surface area contributed by atoms with Crippen molar-refractivity contribution >= 4 is 0 Å². The Morgan fingerprint density at radius 1 is 1.24 bits per heavy atom. The van der Waals surface area contributed by atoms with Crippen molar-refractivity contribution in [3.05, 3.63) is 47.6 Å². The molecule has 1 aliphatic carbocycles. The molecular weight excluding hydrogens is 266 g/mol. The largest absolute Gasteiger partial charge is 0.392 e. The molecule has 0 amide bonds. The molecule has 1 aliphatic heterocycles. The fourth-order valence-electron chi connectivity index (χ4n) is 3.41. The molecule has 2 atom stereocenters. The monoisotopic (exact) mass is 285 g/mol. The molecule has 2 aliphatic rings. The van der Waals surface area contributed by atoms with Gasteiger partial charge in [-0.3, -0.25) is 0 Å². The van der Waals surface area contributed by atoms with Gasteiger partial charge in [0.15, 0.2) is 5.82 Å². The maximum Gasteiger partial charge on any atom is 0.243 e. The highest BCUT2D eigenvalue weighted by molar-refractivity contribution is 5.35. The minimum Gasteiger partial charge on any atom is -0.392 e. The zero-order valence-electron chi connectivity index (χ0n) is 11.8. The average molecular weight is 285 g/mol. The van der Waals surface area contributed by atoms with Crippen LogP contribution in [0.25, 0.3) is 0 Å². The summed E-state index contributed by atoms with van der Waals surface area (Å²) in [7, 11) is 0. The first kappa shape index (κ1) is 13.0. The summed E-state index contributed by atoms with van der Waals surface area (Å²) in [4.78, 5) is 4.65. The number of aliphatic hydroxyl groups is 1. The predicted octanol–water partition coefficient (Wildman–Crippen LogP) is 1.93. The lowest BCUT2D eigenvalue weighted by atomic mass is 9.64. The van der Waals surface area contributed by atoms with E-state index in [4.69, 9.17) is 4.52 Å². The van der Waals surface area contributed by atoms with Crippen molar-refractivity contribution in [1.82, 2.24) is 15.5 Å². The van der Waals surface area contributed by atoms with Crippen molar-refractivity contribution in [2.45, 2.75) is 43.2 Å². The van der Waals surface area contributed by atoms with Gasteiger partial charge in [-0.15, -0.1) is 0 Å². The molecule has 4 rings (SSSR count). The maximum atomic E-state index is 9.61. The molecule has 1 aromatic carbocycles. The smallest absolute Gasteiger partial charge is 0.243 e. The molecule has 1 saturated carbocycles. The van der Waals surface area contributed by atoms with Crippen molar-refractivity contribution in [2.24, 2.45) is 0 Å². The number of rotatable bonds is 3. The zero-order valence-corrected chi connectivity index (χ0v) is 11.8. The molecule has 1 unspecified atom stereocenters. The van der Waals surface area contributed by atoms with Gasteiger partial charge in [-0.25, -0.2) is 0 Å². The number of nitrogens with zero attached hydrogens (tertiary/aromatic N) is 2. The van der Waals surface area contributed by atoms with Gasteiger partial charge in [0.1, 0.15) is 0 Å². The normalized spacial score (nSPS) is 27.5. The van der Waals surface area contributed by atoms with Crippen LogP contribution in [0.5, 0.6) is 0 Å². The van der Waals surface area contributed by atoms with Crippen molar-refractivity contribution < 1.29 is 9.63 Å². The van der Waals surface area contributed by atoms with Gasteiger partial charge in [-0.1, -0.05) is 41.9 Å². The number of hydrogen-bond donors (Lipinski definition) is 2. The minimum atomic E-state index is -0.322. The standard InChI is InChI=1S/C16H19N3O2/c20-12-9-13(17-10-12)14-18-15(19-21-14)16(7-4-8-16)11-5-2-1-3-6-11/h1-3,5-6,12-13,17,20H,4,7-10H2/t12?,13-/m0/s1. The first-order valence-electron chi connectivity index (χ1n) is 7.59. The number of aromatic nitrogens is 2. The van der Waals surface area contributed by atoms with E-state index in [1.165, 1.54) is 12.0 Å². The van der Waals surface area contributed by atoms with Crippen LogP contribution in [0.15, 0.2) is 34.9 Å². The Kier molecular flexibility index (Phi) is 3.05. The molecule has 0 radical (unpaired) electrons. The summed E-state index contributed by atoms with van der Waals surface area (Å²) in [5.41, 5.74) is 1.18. The van der Waals surface area contributed by atoms with E-state index < -0.39 is 0 Å². The molecule has 5 heteroatoms. The lowest BCUT2D eigenvalue weighted by Gasteiger charge is -2.39. The SMILES string of the molecule is OC1CN[C@H](c2nc(C3(c4ccccc4)CCC3)no2)C1. The van der Waals surface area contributed by atoms with E-state index >= 15 is 0 Å². The van der Waals surface area contributed by atoms with Crippen LogP contribution in [-0.2, 0) is 5.41 Å². The molecule has 2 fully saturated rings. The fourth-order valence-corrected chi connectivity index (χ4v) is 3.41. The topological polar surface area (TPSA) is 71.2 Å². The van der Waals surface area contributed by atoms with Crippen molar-refractivity contribution in [2.75, 3.05) is 6.54 Å². The van der Waals surface area contributed by atoms with E-state index in [1.807, 2.05) is 6.07 Å². The van der Waals surface area contributed by atoms with Crippen LogP contribution < -0.4 is 5.32 Å². The Labute approximate surface area is 123 Å². The Morgan fingerprint density at radius 2 is 2.05 bits per heavy atom. The van der Waals surface area contributed by atoms with Gasteiger partial charge in [-0.05, 0) is 24.8 Å². The van der Waals surface area contributed by atoms with Gasteiger partial charge in [0, 0.05) is 6.54 Å². The van der Waals surface area contributed by atoms with Crippen molar-refractivity contribution in [3.8, 4) is 0 Å². The molecule has 0 spiro atoms. The summed E-state index contributed by atoms with van der Waals surface area (Å²) in [6.45, 7) is 0.589. The first-order valence-corrected chi connectivity index (χ1v) is 7.59.